The van der Waals surface area contributed by atoms with Crippen LogP contribution in [0.2, 0.25) is 0 Å². The molecule has 140 valence electrons. The molecule has 0 radical (unpaired) electrons. The number of sulfonamides is 1. The Morgan fingerprint density at radius 3 is 2.04 bits per heavy atom. The molecule has 0 bridgehead atoms. The van der Waals surface area contributed by atoms with Gasteiger partial charge in [0.15, 0.2) is 0 Å². The van der Waals surface area contributed by atoms with Crippen LogP contribution in [0.5, 0.6) is 5.75 Å². The highest BCUT2D eigenvalue weighted by Crippen LogP contribution is 2.20. The molecule has 10 heteroatoms. The molecule has 0 amide bonds. The van der Waals surface area contributed by atoms with Gasteiger partial charge in [0, 0.05) is 38.3 Å². The third-order valence-electron chi connectivity index (χ3n) is 3.57. The van der Waals surface area contributed by atoms with Crippen LogP contribution in [-0.2, 0) is 26.2 Å². The Morgan fingerprint density at radius 1 is 1.08 bits per heavy atom. The largest absolute Gasteiger partial charge is 0.496 e. The summed E-state index contributed by atoms with van der Waals surface area (Å²) in [6.45, 7) is 3.43. The minimum Gasteiger partial charge on any atom is -0.496 e. The van der Waals surface area contributed by atoms with Crippen LogP contribution in [0.4, 0.5) is 0 Å². The van der Waals surface area contributed by atoms with Crippen molar-refractivity contribution < 1.29 is 33.0 Å². The molecule has 1 fully saturated rings. The quantitative estimate of drug-likeness (QED) is 0.702. The Hall–Kier alpha value is -2.17. The number of rotatable bonds is 4. The number of carboxylic acid groups (broad SMARTS) is 2. The summed E-state index contributed by atoms with van der Waals surface area (Å²) in [6.07, 6.45) is 1.27. The summed E-state index contributed by atoms with van der Waals surface area (Å²) in [5.74, 6) is -2.77. The Balaban J connectivity index is 0.000000450. The second-order valence-electron chi connectivity index (χ2n) is 5.36. The van der Waals surface area contributed by atoms with Gasteiger partial charge in [-0.2, -0.15) is 4.31 Å². The van der Waals surface area contributed by atoms with E-state index in [9.17, 15) is 8.42 Å². The Labute approximate surface area is 146 Å². The molecule has 0 aliphatic carbocycles. The normalized spacial score (nSPS) is 15.8. The molecule has 0 spiro atoms. The van der Waals surface area contributed by atoms with E-state index >= 15 is 0 Å². The van der Waals surface area contributed by atoms with Gasteiger partial charge < -0.3 is 14.9 Å². The van der Waals surface area contributed by atoms with Crippen LogP contribution in [0.3, 0.4) is 0 Å². The fourth-order valence-electron chi connectivity index (χ4n) is 2.29. The summed E-state index contributed by atoms with van der Waals surface area (Å²) in [7, 11) is -1.39. The van der Waals surface area contributed by atoms with Crippen LogP contribution >= 0.6 is 0 Å². The van der Waals surface area contributed by atoms with Gasteiger partial charge in [-0.1, -0.05) is 18.2 Å². The second kappa shape index (κ2) is 9.35. The number of nitrogens with zero attached hydrogens (tertiary/aromatic N) is 2. The highest BCUT2D eigenvalue weighted by molar-refractivity contribution is 7.88. The first kappa shape index (κ1) is 20.9. The first-order valence-electron chi connectivity index (χ1n) is 7.40. The lowest BCUT2D eigenvalue weighted by Gasteiger charge is -2.33. The monoisotopic (exact) mass is 374 g/mol. The lowest BCUT2D eigenvalue weighted by Crippen LogP contribution is -2.47. The van der Waals surface area contributed by atoms with Crippen LogP contribution < -0.4 is 4.74 Å². The summed E-state index contributed by atoms with van der Waals surface area (Å²) in [4.78, 5) is 20.4. The van der Waals surface area contributed by atoms with E-state index in [0.29, 0.717) is 13.1 Å². The van der Waals surface area contributed by atoms with Crippen molar-refractivity contribution in [1.82, 2.24) is 9.21 Å². The van der Waals surface area contributed by atoms with Crippen molar-refractivity contribution in [3.05, 3.63) is 29.8 Å². The molecule has 1 aliphatic heterocycles. The molecule has 0 aromatic heterocycles. The predicted molar refractivity (Wildman–Crippen MR) is 90.0 cm³/mol. The number of piperazine rings is 1. The number of hydrogen-bond acceptors (Lipinski definition) is 6. The maximum Gasteiger partial charge on any atom is 0.414 e. The van der Waals surface area contributed by atoms with Crippen molar-refractivity contribution in [1.29, 1.82) is 0 Å². The maximum atomic E-state index is 11.4. The molecular formula is C15H22N2O7S. The summed E-state index contributed by atoms with van der Waals surface area (Å²) in [5.41, 5.74) is 1.14. The van der Waals surface area contributed by atoms with Crippen LogP contribution in [0, 0.1) is 0 Å². The molecule has 1 aromatic carbocycles. The summed E-state index contributed by atoms with van der Waals surface area (Å²) in [6, 6.07) is 7.93. The zero-order valence-electron chi connectivity index (χ0n) is 14.1. The van der Waals surface area contributed by atoms with Crippen molar-refractivity contribution in [2.24, 2.45) is 0 Å². The summed E-state index contributed by atoms with van der Waals surface area (Å²) < 4.78 is 29.7. The van der Waals surface area contributed by atoms with Gasteiger partial charge in [-0.25, -0.2) is 18.0 Å². The first-order valence-corrected chi connectivity index (χ1v) is 9.25. The number of carboxylic acids is 2. The number of para-hydroxylation sites is 1. The third-order valence-corrected chi connectivity index (χ3v) is 4.87. The van der Waals surface area contributed by atoms with Crippen LogP contribution in [0.15, 0.2) is 24.3 Å². The van der Waals surface area contributed by atoms with Gasteiger partial charge in [0.25, 0.3) is 0 Å². The van der Waals surface area contributed by atoms with Crippen LogP contribution in [-0.4, -0.2) is 79.3 Å². The van der Waals surface area contributed by atoms with Gasteiger partial charge in [-0.3, -0.25) is 4.90 Å². The Kier molecular flexibility index (Phi) is 7.81. The zero-order valence-corrected chi connectivity index (χ0v) is 14.9. The van der Waals surface area contributed by atoms with Gasteiger partial charge >= 0.3 is 11.9 Å². The topological polar surface area (TPSA) is 124 Å². The van der Waals surface area contributed by atoms with E-state index in [1.807, 2.05) is 24.3 Å². The van der Waals surface area contributed by atoms with Gasteiger partial charge in [0.05, 0.1) is 13.4 Å². The number of hydrogen-bond donors (Lipinski definition) is 2. The van der Waals surface area contributed by atoms with E-state index in [0.717, 1.165) is 30.9 Å². The minimum atomic E-state index is -3.05. The average Bonchev–Trinajstić information content (AvgIpc) is 2.55. The molecule has 2 rings (SSSR count). The van der Waals surface area contributed by atoms with E-state index in [2.05, 4.69) is 4.90 Å². The van der Waals surface area contributed by atoms with Crippen molar-refractivity contribution in [2.75, 3.05) is 39.5 Å². The van der Waals surface area contributed by atoms with Crippen molar-refractivity contribution in [3.63, 3.8) is 0 Å². The Morgan fingerprint density at radius 2 is 1.60 bits per heavy atom. The van der Waals surface area contributed by atoms with E-state index in [1.165, 1.54) is 10.6 Å². The second-order valence-corrected chi connectivity index (χ2v) is 7.34. The third kappa shape index (κ3) is 7.08. The zero-order chi connectivity index (χ0) is 19.0. The van der Waals surface area contributed by atoms with Gasteiger partial charge in [0.1, 0.15) is 5.75 Å². The molecule has 0 saturated carbocycles. The number of aliphatic carboxylic acids is 2. The number of carbonyl (C=O) groups is 2. The number of benzene rings is 1. The number of methoxy groups -OCH3 is 1. The fourth-order valence-corrected chi connectivity index (χ4v) is 3.12. The average molecular weight is 374 g/mol. The molecular weight excluding hydrogens is 352 g/mol. The lowest BCUT2D eigenvalue weighted by atomic mass is 10.2. The smallest absolute Gasteiger partial charge is 0.414 e. The highest BCUT2D eigenvalue weighted by Gasteiger charge is 2.23. The van der Waals surface area contributed by atoms with Crippen molar-refractivity contribution in [2.45, 2.75) is 6.54 Å². The van der Waals surface area contributed by atoms with E-state index in [4.69, 9.17) is 24.5 Å². The van der Waals surface area contributed by atoms with Crippen LogP contribution in [0.25, 0.3) is 0 Å². The highest BCUT2D eigenvalue weighted by atomic mass is 32.2. The summed E-state index contributed by atoms with van der Waals surface area (Å²) in [5, 5.41) is 14.8. The maximum absolute atomic E-state index is 11.4. The molecule has 9 nitrogen and oxygen atoms in total. The van der Waals surface area contributed by atoms with Crippen LogP contribution in [0.1, 0.15) is 5.56 Å². The molecule has 1 heterocycles. The molecule has 0 unspecified atom stereocenters. The molecule has 1 aliphatic rings. The van der Waals surface area contributed by atoms with Crippen molar-refractivity contribution in [3.8, 4) is 5.75 Å². The molecule has 2 N–H and O–H groups in total. The molecule has 1 aromatic rings. The predicted octanol–water partition coefficient (Wildman–Crippen LogP) is -0.0720. The van der Waals surface area contributed by atoms with Gasteiger partial charge in [0.2, 0.25) is 10.0 Å². The van der Waals surface area contributed by atoms with Crippen molar-refractivity contribution >= 4 is 22.0 Å². The number of ether oxygens (including phenoxy) is 1. The Bertz CT molecular complexity index is 686. The van der Waals surface area contributed by atoms with E-state index < -0.39 is 22.0 Å². The SMILES string of the molecule is COc1ccccc1CN1CCN(S(C)(=O)=O)CC1.O=C(O)C(=O)O. The first-order chi connectivity index (χ1) is 11.6. The standard InChI is InChI=1S/C13H20N2O3S.C2H2O4/c1-18-13-6-4-3-5-12(13)11-14-7-9-15(10-8-14)19(2,16)17;3-1(4)2(5)6/h3-6H,7-11H2,1-2H3;(H,3,4)(H,5,6). The van der Waals surface area contributed by atoms with Gasteiger partial charge in [-0.15, -0.1) is 0 Å². The van der Waals surface area contributed by atoms with E-state index in [-0.39, 0.29) is 0 Å². The molecule has 1 saturated heterocycles. The molecule has 0 atom stereocenters. The lowest BCUT2D eigenvalue weighted by molar-refractivity contribution is -0.159. The summed E-state index contributed by atoms with van der Waals surface area (Å²) >= 11 is 0. The van der Waals surface area contributed by atoms with Gasteiger partial charge in [-0.05, 0) is 6.07 Å². The minimum absolute atomic E-state index is 0.563. The molecule has 25 heavy (non-hydrogen) atoms. The fraction of sp³-hybridized carbons (Fsp3) is 0.467. The van der Waals surface area contributed by atoms with E-state index in [1.54, 1.807) is 7.11 Å².